The van der Waals surface area contributed by atoms with Gasteiger partial charge in [-0.1, -0.05) is 30.3 Å². The highest BCUT2D eigenvalue weighted by Crippen LogP contribution is 2.31. The minimum absolute atomic E-state index is 0.166. The quantitative estimate of drug-likeness (QED) is 0.697. The Morgan fingerprint density at radius 1 is 1.38 bits per heavy atom. The highest BCUT2D eigenvalue weighted by atomic mass is 19.1. The summed E-state index contributed by atoms with van der Waals surface area (Å²) in [6.07, 6.45) is -0.123. The summed E-state index contributed by atoms with van der Waals surface area (Å²) in [5.41, 5.74) is 1.01. The van der Waals surface area contributed by atoms with Crippen LogP contribution in [-0.4, -0.2) is 12.7 Å². The monoisotopic (exact) mass is 179 g/mol. The van der Waals surface area contributed by atoms with Gasteiger partial charge in [-0.05, 0) is 12.5 Å². The predicted molar refractivity (Wildman–Crippen MR) is 51.3 cm³/mol. The van der Waals surface area contributed by atoms with E-state index in [1.54, 1.807) is 0 Å². The van der Waals surface area contributed by atoms with Crippen molar-refractivity contribution in [3.05, 3.63) is 35.9 Å². The Bertz CT molecular complexity index is 285. The van der Waals surface area contributed by atoms with Crippen molar-refractivity contribution in [3.8, 4) is 0 Å². The minimum Gasteiger partial charge on any atom is -0.305 e. The predicted octanol–water partition coefficient (Wildman–Crippen LogP) is 2.23. The van der Waals surface area contributed by atoms with Gasteiger partial charge < -0.3 is 5.32 Å². The van der Waals surface area contributed by atoms with Crippen molar-refractivity contribution in [1.29, 1.82) is 0 Å². The number of benzene rings is 1. The molecule has 0 radical (unpaired) electrons. The third-order valence-corrected chi connectivity index (χ3v) is 2.75. The van der Waals surface area contributed by atoms with Gasteiger partial charge >= 0.3 is 0 Å². The van der Waals surface area contributed by atoms with Crippen LogP contribution in [0.1, 0.15) is 18.9 Å². The van der Waals surface area contributed by atoms with Crippen molar-refractivity contribution in [2.45, 2.75) is 25.1 Å². The maximum atomic E-state index is 13.0. The molecule has 1 N–H and O–H groups in total. The standard InChI is InChI=1S/C11H14FN/c1-11(7-10(12)8-13-11)9-5-3-2-4-6-9/h2-6,10,13H,7-8H2,1H3. The topological polar surface area (TPSA) is 12.0 Å². The van der Waals surface area contributed by atoms with Gasteiger partial charge in [0.05, 0.1) is 0 Å². The molecule has 1 aromatic rings. The highest BCUT2D eigenvalue weighted by molar-refractivity contribution is 5.25. The molecule has 0 saturated carbocycles. The zero-order chi connectivity index (χ0) is 9.31. The van der Waals surface area contributed by atoms with Gasteiger partial charge in [0.1, 0.15) is 6.17 Å². The first kappa shape index (κ1) is 8.70. The zero-order valence-electron chi connectivity index (χ0n) is 7.76. The molecule has 1 heterocycles. The molecule has 1 aromatic carbocycles. The third-order valence-electron chi connectivity index (χ3n) is 2.75. The first-order chi connectivity index (χ1) is 6.21. The number of alkyl halides is 1. The van der Waals surface area contributed by atoms with E-state index in [-0.39, 0.29) is 5.54 Å². The maximum Gasteiger partial charge on any atom is 0.115 e. The minimum atomic E-state index is -0.704. The summed E-state index contributed by atoms with van der Waals surface area (Å²) in [5.74, 6) is 0. The van der Waals surface area contributed by atoms with E-state index >= 15 is 0 Å². The van der Waals surface area contributed by atoms with Crippen molar-refractivity contribution in [1.82, 2.24) is 5.32 Å². The van der Waals surface area contributed by atoms with Crippen LogP contribution in [0.3, 0.4) is 0 Å². The van der Waals surface area contributed by atoms with E-state index in [4.69, 9.17) is 0 Å². The molecule has 0 amide bonds. The maximum absolute atomic E-state index is 13.0. The Kier molecular flexibility index (Phi) is 2.08. The molecular weight excluding hydrogens is 165 g/mol. The second-order valence-electron chi connectivity index (χ2n) is 3.88. The van der Waals surface area contributed by atoms with Crippen molar-refractivity contribution >= 4 is 0 Å². The summed E-state index contributed by atoms with van der Waals surface area (Å²) in [6, 6.07) is 10.1. The van der Waals surface area contributed by atoms with Gasteiger partial charge in [-0.15, -0.1) is 0 Å². The molecule has 2 atom stereocenters. The molecule has 0 spiro atoms. The molecule has 2 rings (SSSR count). The Balaban J connectivity index is 2.26. The van der Waals surface area contributed by atoms with Gasteiger partial charge in [0, 0.05) is 18.5 Å². The summed E-state index contributed by atoms with van der Waals surface area (Å²) in [6.45, 7) is 2.54. The van der Waals surface area contributed by atoms with Crippen LogP contribution in [0.4, 0.5) is 4.39 Å². The Labute approximate surface area is 78.0 Å². The van der Waals surface area contributed by atoms with Gasteiger partial charge in [0.15, 0.2) is 0 Å². The Hall–Kier alpha value is -0.890. The molecule has 70 valence electrons. The second kappa shape index (κ2) is 3.11. The van der Waals surface area contributed by atoms with E-state index in [0.29, 0.717) is 13.0 Å². The summed E-state index contributed by atoms with van der Waals surface area (Å²) in [7, 11) is 0. The normalized spacial score (nSPS) is 33.5. The molecule has 1 saturated heterocycles. The molecule has 0 aromatic heterocycles. The summed E-state index contributed by atoms with van der Waals surface area (Å²) < 4.78 is 13.0. The van der Waals surface area contributed by atoms with Crippen molar-refractivity contribution in [2.24, 2.45) is 0 Å². The van der Waals surface area contributed by atoms with Crippen LogP contribution in [0.25, 0.3) is 0 Å². The van der Waals surface area contributed by atoms with E-state index in [1.807, 2.05) is 30.3 Å². The molecule has 1 aliphatic heterocycles. The lowest BCUT2D eigenvalue weighted by Crippen LogP contribution is -2.32. The lowest BCUT2D eigenvalue weighted by atomic mass is 9.90. The number of hydrogen-bond acceptors (Lipinski definition) is 1. The molecule has 13 heavy (non-hydrogen) atoms. The summed E-state index contributed by atoms with van der Waals surface area (Å²) in [4.78, 5) is 0. The van der Waals surface area contributed by atoms with Crippen LogP contribution in [0.15, 0.2) is 30.3 Å². The first-order valence-corrected chi connectivity index (χ1v) is 4.65. The van der Waals surface area contributed by atoms with Gasteiger partial charge in [0.2, 0.25) is 0 Å². The molecule has 1 nitrogen and oxygen atoms in total. The molecule has 0 bridgehead atoms. The summed E-state index contributed by atoms with van der Waals surface area (Å²) in [5, 5.41) is 3.22. The van der Waals surface area contributed by atoms with Crippen molar-refractivity contribution < 1.29 is 4.39 Å². The van der Waals surface area contributed by atoms with Crippen LogP contribution in [0, 0.1) is 0 Å². The molecule has 0 aliphatic carbocycles. The molecule has 2 heteroatoms. The SMILES string of the molecule is CC1(c2ccccc2)CC(F)CN1. The first-order valence-electron chi connectivity index (χ1n) is 4.65. The fourth-order valence-electron chi connectivity index (χ4n) is 1.95. The van der Waals surface area contributed by atoms with Gasteiger partial charge in [0.25, 0.3) is 0 Å². The number of halogens is 1. The van der Waals surface area contributed by atoms with Gasteiger partial charge in [-0.2, -0.15) is 0 Å². The Morgan fingerprint density at radius 2 is 2.08 bits per heavy atom. The fourth-order valence-corrected chi connectivity index (χ4v) is 1.95. The van der Waals surface area contributed by atoms with Gasteiger partial charge in [-0.3, -0.25) is 0 Å². The van der Waals surface area contributed by atoms with E-state index in [1.165, 1.54) is 5.56 Å². The lowest BCUT2D eigenvalue weighted by Gasteiger charge is -2.24. The molecule has 2 unspecified atom stereocenters. The van der Waals surface area contributed by atoms with E-state index in [2.05, 4.69) is 12.2 Å². The number of hydrogen-bond donors (Lipinski definition) is 1. The van der Waals surface area contributed by atoms with Crippen LogP contribution >= 0.6 is 0 Å². The number of nitrogens with one attached hydrogen (secondary N) is 1. The average molecular weight is 179 g/mol. The van der Waals surface area contributed by atoms with Crippen molar-refractivity contribution in [2.75, 3.05) is 6.54 Å². The smallest absolute Gasteiger partial charge is 0.115 e. The second-order valence-corrected chi connectivity index (χ2v) is 3.88. The molecule has 1 aliphatic rings. The van der Waals surface area contributed by atoms with Crippen LogP contribution < -0.4 is 5.32 Å². The van der Waals surface area contributed by atoms with E-state index in [0.717, 1.165) is 0 Å². The molecular formula is C11H14FN. The summed E-state index contributed by atoms with van der Waals surface area (Å²) >= 11 is 0. The largest absolute Gasteiger partial charge is 0.305 e. The lowest BCUT2D eigenvalue weighted by molar-refractivity contribution is 0.333. The van der Waals surface area contributed by atoms with E-state index in [9.17, 15) is 4.39 Å². The third kappa shape index (κ3) is 1.59. The Morgan fingerprint density at radius 3 is 2.62 bits per heavy atom. The van der Waals surface area contributed by atoms with Crippen LogP contribution in [0.2, 0.25) is 0 Å². The van der Waals surface area contributed by atoms with Crippen LogP contribution in [0.5, 0.6) is 0 Å². The van der Waals surface area contributed by atoms with Crippen molar-refractivity contribution in [3.63, 3.8) is 0 Å². The zero-order valence-corrected chi connectivity index (χ0v) is 7.76. The van der Waals surface area contributed by atoms with Crippen LogP contribution in [-0.2, 0) is 5.54 Å². The fraction of sp³-hybridized carbons (Fsp3) is 0.455. The van der Waals surface area contributed by atoms with E-state index < -0.39 is 6.17 Å². The highest BCUT2D eigenvalue weighted by Gasteiger charge is 2.35. The number of rotatable bonds is 1. The van der Waals surface area contributed by atoms with Gasteiger partial charge in [-0.25, -0.2) is 4.39 Å². The molecule has 1 fully saturated rings. The average Bonchev–Trinajstić information content (AvgIpc) is 2.49.